The Bertz CT molecular complexity index is 464. The normalized spacial score (nSPS) is 11.1. The lowest BCUT2D eigenvalue weighted by atomic mass is 10.2. The molecule has 24 heavy (non-hydrogen) atoms. The average Bonchev–Trinajstić information content (AvgIpc) is 2.58. The van der Waals surface area contributed by atoms with E-state index in [0.29, 0.717) is 13.2 Å². The van der Waals surface area contributed by atoms with Gasteiger partial charge in [0.15, 0.2) is 5.96 Å². The van der Waals surface area contributed by atoms with Crippen LogP contribution in [0.15, 0.2) is 29.3 Å². The van der Waals surface area contributed by atoms with E-state index in [4.69, 9.17) is 4.74 Å². The molecule has 0 radical (unpaired) electrons. The third-order valence-corrected chi connectivity index (χ3v) is 3.64. The van der Waals surface area contributed by atoms with Gasteiger partial charge < -0.3 is 20.3 Å². The zero-order valence-electron chi connectivity index (χ0n) is 15.5. The summed E-state index contributed by atoms with van der Waals surface area (Å²) in [6.45, 7) is 14.6. The zero-order chi connectivity index (χ0) is 16.9. The van der Waals surface area contributed by atoms with Gasteiger partial charge in [0.05, 0.1) is 13.2 Å². The van der Waals surface area contributed by atoms with Crippen LogP contribution in [0.5, 0.6) is 5.75 Å². The second kappa shape index (κ2) is 14.3. The summed E-state index contributed by atoms with van der Waals surface area (Å²) in [5.41, 5.74) is 1.11. The number of guanidine groups is 1. The topological polar surface area (TPSA) is 48.9 Å². The first kappa shape index (κ1) is 23.0. The van der Waals surface area contributed by atoms with Gasteiger partial charge in [0.1, 0.15) is 5.75 Å². The van der Waals surface area contributed by atoms with Gasteiger partial charge in [-0.05, 0) is 33.0 Å². The highest BCUT2D eigenvalue weighted by Crippen LogP contribution is 2.18. The number of ether oxygens (including phenoxy) is 1. The van der Waals surface area contributed by atoms with E-state index in [0.717, 1.165) is 50.0 Å². The van der Waals surface area contributed by atoms with Crippen LogP contribution in [0.4, 0.5) is 0 Å². The van der Waals surface area contributed by atoms with Crippen molar-refractivity contribution in [3.05, 3.63) is 29.8 Å². The van der Waals surface area contributed by atoms with Crippen molar-refractivity contribution in [2.45, 2.75) is 34.2 Å². The Morgan fingerprint density at radius 1 is 1.08 bits per heavy atom. The first-order valence-corrected chi connectivity index (χ1v) is 8.70. The van der Waals surface area contributed by atoms with Crippen LogP contribution in [-0.2, 0) is 6.54 Å². The Hall–Kier alpha value is -1.02. The number of aliphatic imine (C=N–C) groups is 1. The van der Waals surface area contributed by atoms with Crippen LogP contribution in [0.25, 0.3) is 0 Å². The smallest absolute Gasteiger partial charge is 0.191 e. The molecule has 1 aromatic carbocycles. The number of benzene rings is 1. The van der Waals surface area contributed by atoms with Gasteiger partial charge in [-0.25, -0.2) is 4.99 Å². The maximum atomic E-state index is 5.65. The lowest BCUT2D eigenvalue weighted by Gasteiger charge is -2.19. The Morgan fingerprint density at radius 2 is 1.79 bits per heavy atom. The van der Waals surface area contributed by atoms with Gasteiger partial charge in [-0.15, -0.1) is 24.0 Å². The third kappa shape index (κ3) is 8.73. The van der Waals surface area contributed by atoms with E-state index in [-0.39, 0.29) is 24.0 Å². The Kier molecular flexibility index (Phi) is 13.7. The van der Waals surface area contributed by atoms with Gasteiger partial charge in [-0.3, -0.25) is 0 Å². The largest absolute Gasteiger partial charge is 0.494 e. The predicted molar refractivity (Wildman–Crippen MR) is 114 cm³/mol. The molecule has 6 heteroatoms. The fraction of sp³-hybridized carbons (Fsp3) is 0.611. The van der Waals surface area contributed by atoms with Crippen molar-refractivity contribution in [3.8, 4) is 5.75 Å². The molecule has 0 saturated heterocycles. The van der Waals surface area contributed by atoms with Crippen LogP contribution in [-0.4, -0.2) is 50.2 Å². The number of nitrogens with one attached hydrogen (secondary N) is 2. The quantitative estimate of drug-likeness (QED) is 0.328. The summed E-state index contributed by atoms with van der Waals surface area (Å²) in [5, 5.41) is 6.69. The van der Waals surface area contributed by atoms with Crippen molar-refractivity contribution in [3.63, 3.8) is 0 Å². The van der Waals surface area contributed by atoms with Crippen molar-refractivity contribution in [1.29, 1.82) is 0 Å². The molecule has 1 rings (SSSR count). The third-order valence-electron chi connectivity index (χ3n) is 3.64. The van der Waals surface area contributed by atoms with E-state index in [2.05, 4.69) is 47.4 Å². The number of hydrogen-bond acceptors (Lipinski definition) is 3. The van der Waals surface area contributed by atoms with Crippen LogP contribution < -0.4 is 15.4 Å². The molecule has 0 amide bonds. The maximum absolute atomic E-state index is 5.65. The van der Waals surface area contributed by atoms with Crippen LogP contribution >= 0.6 is 24.0 Å². The summed E-state index contributed by atoms with van der Waals surface area (Å²) < 4.78 is 5.65. The summed E-state index contributed by atoms with van der Waals surface area (Å²) in [6, 6.07) is 8.07. The molecular weight excluding hydrogens is 415 g/mol. The molecule has 0 unspecified atom stereocenters. The van der Waals surface area contributed by atoms with Gasteiger partial charge in [-0.2, -0.15) is 0 Å². The zero-order valence-corrected chi connectivity index (χ0v) is 17.8. The molecule has 0 aromatic heterocycles. The van der Waals surface area contributed by atoms with Gasteiger partial charge >= 0.3 is 0 Å². The molecule has 0 aliphatic heterocycles. The predicted octanol–water partition coefficient (Wildman–Crippen LogP) is 3.10. The monoisotopic (exact) mass is 448 g/mol. The summed E-state index contributed by atoms with van der Waals surface area (Å²) in [5.74, 6) is 1.77. The van der Waals surface area contributed by atoms with Crippen LogP contribution in [0.3, 0.4) is 0 Å². The highest BCUT2D eigenvalue weighted by atomic mass is 127. The highest BCUT2D eigenvalue weighted by Gasteiger charge is 2.04. The van der Waals surface area contributed by atoms with E-state index in [9.17, 15) is 0 Å². The number of rotatable bonds is 10. The molecule has 138 valence electrons. The van der Waals surface area contributed by atoms with Gasteiger partial charge in [0.2, 0.25) is 0 Å². The first-order valence-electron chi connectivity index (χ1n) is 8.70. The van der Waals surface area contributed by atoms with Crippen LogP contribution in [0.1, 0.15) is 33.3 Å². The average molecular weight is 448 g/mol. The summed E-state index contributed by atoms with van der Waals surface area (Å²) >= 11 is 0. The molecular formula is C18H33IN4O. The molecule has 5 nitrogen and oxygen atoms in total. The van der Waals surface area contributed by atoms with E-state index in [1.807, 2.05) is 25.1 Å². The Balaban J connectivity index is 0.00000529. The molecule has 0 spiro atoms. The molecule has 0 saturated carbocycles. The minimum absolute atomic E-state index is 0. The number of hydrogen-bond donors (Lipinski definition) is 2. The van der Waals surface area contributed by atoms with Crippen molar-refractivity contribution in [2.24, 2.45) is 4.99 Å². The minimum Gasteiger partial charge on any atom is -0.494 e. The Morgan fingerprint density at radius 3 is 2.42 bits per heavy atom. The molecule has 0 aliphatic rings. The minimum atomic E-state index is 0. The molecule has 0 bridgehead atoms. The van der Waals surface area contributed by atoms with Crippen LogP contribution in [0.2, 0.25) is 0 Å². The molecule has 0 atom stereocenters. The van der Waals surface area contributed by atoms with Crippen molar-refractivity contribution < 1.29 is 4.74 Å². The van der Waals surface area contributed by atoms with E-state index < -0.39 is 0 Å². The number of likely N-dealkylation sites (N-methyl/N-ethyl adjacent to an activating group) is 1. The van der Waals surface area contributed by atoms with E-state index >= 15 is 0 Å². The number of nitrogens with zero attached hydrogens (tertiary/aromatic N) is 2. The SMILES string of the molecule is CCNC(=NCc1ccccc1OCC)NCCN(CC)CC.I. The standard InChI is InChI=1S/C18H32N4O.HI/c1-5-19-18(20-13-14-22(6-2)7-3)21-15-16-11-9-10-12-17(16)23-8-4;/h9-12H,5-8,13-15H2,1-4H3,(H2,19,20,21);1H. The number of halogens is 1. The second-order valence-electron chi connectivity index (χ2n) is 5.19. The van der Waals surface area contributed by atoms with Gasteiger partial charge in [0.25, 0.3) is 0 Å². The van der Waals surface area contributed by atoms with Gasteiger partial charge in [0, 0.05) is 25.2 Å². The number of para-hydroxylation sites is 1. The van der Waals surface area contributed by atoms with Crippen LogP contribution in [0, 0.1) is 0 Å². The molecule has 1 aromatic rings. The van der Waals surface area contributed by atoms with Gasteiger partial charge in [-0.1, -0.05) is 32.0 Å². The second-order valence-corrected chi connectivity index (χ2v) is 5.19. The maximum Gasteiger partial charge on any atom is 0.191 e. The van der Waals surface area contributed by atoms with Crippen molar-refractivity contribution >= 4 is 29.9 Å². The highest BCUT2D eigenvalue weighted by molar-refractivity contribution is 14.0. The summed E-state index contributed by atoms with van der Waals surface area (Å²) in [7, 11) is 0. The Labute approximate surface area is 164 Å². The lowest BCUT2D eigenvalue weighted by Crippen LogP contribution is -2.41. The fourth-order valence-electron chi connectivity index (χ4n) is 2.31. The van der Waals surface area contributed by atoms with E-state index in [1.54, 1.807) is 0 Å². The van der Waals surface area contributed by atoms with Crippen molar-refractivity contribution in [2.75, 3.05) is 39.3 Å². The molecule has 0 fully saturated rings. The summed E-state index contributed by atoms with van der Waals surface area (Å²) in [6.07, 6.45) is 0. The van der Waals surface area contributed by atoms with Crippen molar-refractivity contribution in [1.82, 2.24) is 15.5 Å². The summed E-state index contributed by atoms with van der Waals surface area (Å²) in [4.78, 5) is 7.06. The van der Waals surface area contributed by atoms with E-state index in [1.165, 1.54) is 0 Å². The molecule has 0 heterocycles. The fourth-order valence-corrected chi connectivity index (χ4v) is 2.31. The first-order chi connectivity index (χ1) is 11.2. The lowest BCUT2D eigenvalue weighted by molar-refractivity contribution is 0.308. The molecule has 0 aliphatic carbocycles. The molecule has 2 N–H and O–H groups in total.